The van der Waals surface area contributed by atoms with Crippen LogP contribution in [-0.2, 0) is 14.8 Å². The van der Waals surface area contributed by atoms with Crippen molar-refractivity contribution in [1.29, 1.82) is 0 Å². The molecule has 0 N–H and O–H groups in total. The van der Waals surface area contributed by atoms with Gasteiger partial charge >= 0.3 is 0 Å². The second kappa shape index (κ2) is 8.06. The van der Waals surface area contributed by atoms with E-state index in [1.54, 1.807) is 29.8 Å². The van der Waals surface area contributed by atoms with Crippen LogP contribution in [0.3, 0.4) is 0 Å². The van der Waals surface area contributed by atoms with E-state index in [4.69, 9.17) is 4.74 Å². The Kier molecular flexibility index (Phi) is 5.27. The zero-order valence-electron chi connectivity index (χ0n) is 16.3. The molecule has 0 unspecified atom stereocenters. The number of anilines is 2. The van der Waals surface area contributed by atoms with Gasteiger partial charge in [-0.3, -0.25) is 0 Å². The molecule has 158 valence electrons. The van der Waals surface area contributed by atoms with Crippen molar-refractivity contribution in [3.05, 3.63) is 36.1 Å². The van der Waals surface area contributed by atoms with Gasteiger partial charge in [0.05, 0.1) is 18.6 Å². The van der Waals surface area contributed by atoms with Gasteiger partial charge in [-0.2, -0.15) is 4.31 Å². The minimum Gasteiger partial charge on any atom is -0.379 e. The Bertz CT molecular complexity index is 1120. The Balaban J connectivity index is 1.27. The predicted octanol–water partition coefficient (Wildman–Crippen LogP) is 1.43. The van der Waals surface area contributed by atoms with Gasteiger partial charge in [-0.1, -0.05) is 0 Å². The van der Waals surface area contributed by atoms with Crippen molar-refractivity contribution in [2.45, 2.75) is 4.90 Å². The molecule has 2 aliphatic rings. The number of hydrogen-bond donors (Lipinski definition) is 0. The molecule has 30 heavy (non-hydrogen) atoms. The number of hydrogen-bond acceptors (Lipinski definition) is 9. The first-order chi connectivity index (χ1) is 14.6. The molecule has 5 heterocycles. The van der Waals surface area contributed by atoms with Crippen LogP contribution >= 0.6 is 11.3 Å². The number of thiophene rings is 1. The molecule has 0 spiro atoms. The summed E-state index contributed by atoms with van der Waals surface area (Å²) in [6, 6.07) is 5.51. The van der Waals surface area contributed by atoms with Crippen LogP contribution in [0.4, 0.5) is 11.6 Å². The molecule has 0 aliphatic carbocycles. The predicted molar refractivity (Wildman–Crippen MR) is 116 cm³/mol. The minimum absolute atomic E-state index is 0.229. The van der Waals surface area contributed by atoms with Gasteiger partial charge in [0.15, 0.2) is 0 Å². The van der Waals surface area contributed by atoms with Crippen LogP contribution in [-0.4, -0.2) is 80.2 Å². The summed E-state index contributed by atoms with van der Waals surface area (Å²) in [5.41, 5.74) is 0. The van der Waals surface area contributed by atoms with E-state index in [2.05, 4.69) is 30.8 Å². The van der Waals surface area contributed by atoms with Gasteiger partial charge in [0.2, 0.25) is 10.0 Å². The lowest BCUT2D eigenvalue weighted by Gasteiger charge is -2.36. The first-order valence-electron chi connectivity index (χ1n) is 9.85. The summed E-state index contributed by atoms with van der Waals surface area (Å²) in [7, 11) is -3.52. The first-order valence-corrected chi connectivity index (χ1v) is 12.2. The van der Waals surface area contributed by atoms with Crippen molar-refractivity contribution in [2.24, 2.45) is 0 Å². The van der Waals surface area contributed by atoms with Gasteiger partial charge in [-0.25, -0.2) is 23.4 Å². The van der Waals surface area contributed by atoms with E-state index >= 15 is 0 Å². The summed E-state index contributed by atoms with van der Waals surface area (Å²) < 4.78 is 32.2. The topological polar surface area (TPSA) is 91.8 Å². The Morgan fingerprint density at radius 3 is 2.40 bits per heavy atom. The molecule has 3 aromatic heterocycles. The van der Waals surface area contributed by atoms with Gasteiger partial charge in [-0.15, -0.1) is 11.3 Å². The smallest absolute Gasteiger partial charge is 0.244 e. The van der Waals surface area contributed by atoms with E-state index in [0.29, 0.717) is 26.3 Å². The first kappa shape index (κ1) is 19.6. The molecular weight excluding hydrogens is 424 g/mol. The number of pyridine rings is 1. The fourth-order valence-electron chi connectivity index (χ4n) is 3.82. The van der Waals surface area contributed by atoms with Gasteiger partial charge in [-0.05, 0) is 23.6 Å². The van der Waals surface area contributed by atoms with Crippen LogP contribution in [0.25, 0.3) is 10.2 Å². The second-order valence-corrected chi connectivity index (χ2v) is 10.0. The van der Waals surface area contributed by atoms with E-state index in [9.17, 15) is 8.42 Å². The van der Waals surface area contributed by atoms with Crippen LogP contribution in [0.5, 0.6) is 0 Å². The summed E-state index contributed by atoms with van der Waals surface area (Å²) >= 11 is 1.62. The molecule has 2 saturated heterocycles. The molecule has 11 heteroatoms. The number of ether oxygens (including phenoxy) is 1. The summed E-state index contributed by atoms with van der Waals surface area (Å²) in [6.07, 6.45) is 3.08. The molecule has 3 aromatic rings. The maximum Gasteiger partial charge on any atom is 0.244 e. The van der Waals surface area contributed by atoms with Crippen LogP contribution in [0.15, 0.2) is 41.0 Å². The largest absolute Gasteiger partial charge is 0.379 e. The summed E-state index contributed by atoms with van der Waals surface area (Å²) in [5.74, 6) is 1.76. The monoisotopic (exact) mass is 446 g/mol. The number of fused-ring (bicyclic) bond motifs is 1. The third kappa shape index (κ3) is 3.62. The van der Waals surface area contributed by atoms with E-state index < -0.39 is 10.0 Å². The molecule has 9 nitrogen and oxygen atoms in total. The second-order valence-electron chi connectivity index (χ2n) is 7.18. The molecule has 0 bridgehead atoms. The maximum absolute atomic E-state index is 12.8. The van der Waals surface area contributed by atoms with Crippen LogP contribution in [0.2, 0.25) is 0 Å². The van der Waals surface area contributed by atoms with Gasteiger partial charge in [0, 0.05) is 45.5 Å². The van der Waals surface area contributed by atoms with Gasteiger partial charge in [0.25, 0.3) is 0 Å². The highest BCUT2D eigenvalue weighted by atomic mass is 32.2. The highest BCUT2D eigenvalue weighted by molar-refractivity contribution is 7.89. The lowest BCUT2D eigenvalue weighted by Crippen LogP contribution is -2.47. The third-order valence-corrected chi connectivity index (χ3v) is 8.18. The zero-order valence-corrected chi connectivity index (χ0v) is 18.0. The SMILES string of the molecule is O=S(=O)(c1ccc(N2CCN(c3ncnc4sccc34)CC2)nc1)N1CCOCC1. The normalized spacial score (nSPS) is 18.8. The van der Waals surface area contributed by atoms with Gasteiger partial charge < -0.3 is 14.5 Å². The lowest BCUT2D eigenvalue weighted by molar-refractivity contribution is 0.0730. The highest BCUT2D eigenvalue weighted by Crippen LogP contribution is 2.28. The molecule has 0 radical (unpaired) electrons. The number of rotatable bonds is 4. The minimum atomic E-state index is -3.52. The van der Waals surface area contributed by atoms with E-state index in [1.165, 1.54) is 10.5 Å². The Morgan fingerprint density at radius 1 is 0.900 bits per heavy atom. The van der Waals surface area contributed by atoms with Crippen molar-refractivity contribution >= 4 is 43.2 Å². The molecule has 0 saturated carbocycles. The van der Waals surface area contributed by atoms with Crippen LogP contribution in [0, 0.1) is 0 Å². The molecule has 2 aliphatic heterocycles. The van der Waals surface area contributed by atoms with Crippen LogP contribution in [0.1, 0.15) is 0 Å². The average Bonchev–Trinajstić information content (AvgIpc) is 3.29. The maximum atomic E-state index is 12.8. The summed E-state index contributed by atoms with van der Waals surface area (Å²) in [6.45, 7) is 4.84. The third-order valence-electron chi connectivity index (χ3n) is 5.47. The number of piperazine rings is 1. The zero-order chi connectivity index (χ0) is 20.6. The standard InChI is InChI=1S/C19H22N6O3S2/c26-30(27,25-8-10-28-11-9-25)15-1-2-17(20-13-15)23-4-6-24(7-5-23)18-16-3-12-29-19(16)22-14-21-18/h1-3,12-14H,4-11H2. The Hall–Kier alpha value is -2.34. The van der Waals surface area contributed by atoms with Crippen molar-refractivity contribution in [2.75, 3.05) is 62.3 Å². The number of morpholine rings is 1. The Morgan fingerprint density at radius 2 is 1.67 bits per heavy atom. The van der Waals surface area contributed by atoms with Crippen molar-refractivity contribution < 1.29 is 13.2 Å². The fourth-order valence-corrected chi connectivity index (χ4v) is 5.91. The summed E-state index contributed by atoms with van der Waals surface area (Å²) in [5, 5.41) is 3.13. The quantitative estimate of drug-likeness (QED) is 0.595. The number of aromatic nitrogens is 3. The Labute approximate surface area is 179 Å². The average molecular weight is 447 g/mol. The van der Waals surface area contributed by atoms with E-state index in [1.807, 2.05) is 5.38 Å². The molecule has 5 rings (SSSR count). The number of sulfonamides is 1. The van der Waals surface area contributed by atoms with Crippen LogP contribution < -0.4 is 9.80 Å². The van der Waals surface area contributed by atoms with E-state index in [0.717, 1.165) is 48.0 Å². The molecular formula is C19H22N6O3S2. The van der Waals surface area contributed by atoms with Gasteiger partial charge in [0.1, 0.15) is 27.7 Å². The summed E-state index contributed by atoms with van der Waals surface area (Å²) in [4.78, 5) is 18.9. The number of nitrogens with zero attached hydrogens (tertiary/aromatic N) is 6. The molecule has 2 fully saturated rings. The molecule has 0 atom stereocenters. The fraction of sp³-hybridized carbons (Fsp3) is 0.421. The molecule has 0 amide bonds. The highest BCUT2D eigenvalue weighted by Gasteiger charge is 2.27. The molecule has 0 aromatic carbocycles. The van der Waals surface area contributed by atoms with E-state index in [-0.39, 0.29) is 4.90 Å². The van der Waals surface area contributed by atoms with Crippen molar-refractivity contribution in [3.8, 4) is 0 Å². The van der Waals surface area contributed by atoms with Crippen molar-refractivity contribution in [1.82, 2.24) is 19.3 Å². The van der Waals surface area contributed by atoms with Crippen molar-refractivity contribution in [3.63, 3.8) is 0 Å². The lowest BCUT2D eigenvalue weighted by atomic mass is 10.2.